The van der Waals surface area contributed by atoms with E-state index in [9.17, 15) is 0 Å². The fourth-order valence-electron chi connectivity index (χ4n) is 2.77. The van der Waals surface area contributed by atoms with E-state index in [1.54, 1.807) is 0 Å². The van der Waals surface area contributed by atoms with E-state index in [1.165, 1.54) is 5.69 Å². The van der Waals surface area contributed by atoms with Gasteiger partial charge in [-0.1, -0.05) is 18.2 Å². The van der Waals surface area contributed by atoms with Crippen LogP contribution < -0.4 is 15.4 Å². The minimum Gasteiger partial charge on any atom is -0.494 e. The van der Waals surface area contributed by atoms with Gasteiger partial charge in [-0.2, -0.15) is 5.10 Å². The molecular formula is C20H31N5O. The van der Waals surface area contributed by atoms with Gasteiger partial charge in [-0.3, -0.25) is 4.68 Å². The Labute approximate surface area is 156 Å². The van der Waals surface area contributed by atoms with E-state index in [4.69, 9.17) is 4.74 Å². The Hall–Kier alpha value is -2.50. The standard InChI is InChI=1S/C20H31N5O/c1-5-21-20(22-12-9-13-25-17(4)14-16(3)24-25)23-15-18-10-7-8-11-19(18)26-6-2/h7-8,10-11,14H,5-6,9,12-13,15H2,1-4H3,(H2,21,22,23). The number of guanidine groups is 1. The fourth-order valence-corrected chi connectivity index (χ4v) is 2.77. The summed E-state index contributed by atoms with van der Waals surface area (Å²) in [4.78, 5) is 4.68. The van der Waals surface area contributed by atoms with Gasteiger partial charge >= 0.3 is 0 Å². The molecule has 0 aliphatic heterocycles. The lowest BCUT2D eigenvalue weighted by atomic mass is 10.2. The lowest BCUT2D eigenvalue weighted by Gasteiger charge is -2.13. The number of aliphatic imine (C=N–C) groups is 1. The van der Waals surface area contributed by atoms with Crippen LogP contribution in [0.3, 0.4) is 0 Å². The molecule has 0 spiro atoms. The fraction of sp³-hybridized carbons (Fsp3) is 0.500. The lowest BCUT2D eigenvalue weighted by Crippen LogP contribution is -2.38. The molecule has 1 aromatic heterocycles. The van der Waals surface area contributed by atoms with E-state index < -0.39 is 0 Å². The van der Waals surface area contributed by atoms with E-state index in [-0.39, 0.29) is 0 Å². The number of benzene rings is 1. The molecule has 6 nitrogen and oxygen atoms in total. The first-order valence-electron chi connectivity index (χ1n) is 9.38. The van der Waals surface area contributed by atoms with Crippen molar-refractivity contribution in [2.45, 2.75) is 47.2 Å². The zero-order valence-corrected chi connectivity index (χ0v) is 16.4. The van der Waals surface area contributed by atoms with Crippen molar-refractivity contribution in [1.82, 2.24) is 20.4 Å². The monoisotopic (exact) mass is 357 g/mol. The summed E-state index contributed by atoms with van der Waals surface area (Å²) >= 11 is 0. The third-order valence-electron chi connectivity index (χ3n) is 3.97. The molecule has 2 rings (SSSR count). The predicted octanol–water partition coefficient (Wildman–Crippen LogP) is 3.04. The van der Waals surface area contributed by atoms with Crippen LogP contribution in [0.5, 0.6) is 5.75 Å². The number of para-hydroxylation sites is 1. The first-order chi connectivity index (χ1) is 12.6. The molecule has 2 aromatic rings. The van der Waals surface area contributed by atoms with Crippen LogP contribution in [0.25, 0.3) is 0 Å². The van der Waals surface area contributed by atoms with Gasteiger partial charge in [-0.15, -0.1) is 0 Å². The molecular weight excluding hydrogens is 326 g/mol. The van der Waals surface area contributed by atoms with Crippen LogP contribution in [0.4, 0.5) is 0 Å². The number of hydrogen-bond donors (Lipinski definition) is 2. The van der Waals surface area contributed by atoms with E-state index in [2.05, 4.69) is 51.4 Å². The summed E-state index contributed by atoms with van der Waals surface area (Å²) in [6.07, 6.45) is 0.988. The normalized spacial score (nSPS) is 11.5. The molecule has 0 radical (unpaired) electrons. The number of hydrogen-bond acceptors (Lipinski definition) is 3. The second-order valence-electron chi connectivity index (χ2n) is 6.17. The predicted molar refractivity (Wildman–Crippen MR) is 107 cm³/mol. The minimum atomic E-state index is 0.586. The number of rotatable bonds is 9. The first kappa shape index (κ1) is 19.8. The smallest absolute Gasteiger partial charge is 0.191 e. The minimum absolute atomic E-state index is 0.586. The first-order valence-corrected chi connectivity index (χ1v) is 9.38. The SMILES string of the molecule is CCNC(=NCc1ccccc1OCC)NCCCn1nc(C)cc1C. The van der Waals surface area contributed by atoms with Crippen LogP contribution in [-0.4, -0.2) is 35.4 Å². The summed E-state index contributed by atoms with van der Waals surface area (Å²) in [6, 6.07) is 10.2. The quantitative estimate of drug-likeness (QED) is 0.411. The Kier molecular flexibility index (Phi) is 7.99. The molecule has 0 aliphatic rings. The Bertz CT molecular complexity index is 708. The van der Waals surface area contributed by atoms with Gasteiger partial charge in [0.25, 0.3) is 0 Å². The summed E-state index contributed by atoms with van der Waals surface area (Å²) in [5, 5.41) is 11.2. The lowest BCUT2D eigenvalue weighted by molar-refractivity contribution is 0.336. The van der Waals surface area contributed by atoms with E-state index >= 15 is 0 Å². The molecule has 0 atom stereocenters. The van der Waals surface area contributed by atoms with Gasteiger partial charge in [-0.05, 0) is 46.2 Å². The van der Waals surface area contributed by atoms with Gasteiger partial charge in [0.15, 0.2) is 5.96 Å². The van der Waals surface area contributed by atoms with Crippen molar-refractivity contribution in [2.75, 3.05) is 19.7 Å². The molecule has 1 heterocycles. The van der Waals surface area contributed by atoms with Crippen molar-refractivity contribution < 1.29 is 4.74 Å². The summed E-state index contributed by atoms with van der Waals surface area (Å²) in [7, 11) is 0. The Morgan fingerprint density at radius 2 is 2.00 bits per heavy atom. The van der Waals surface area contributed by atoms with Gasteiger partial charge in [0, 0.05) is 30.9 Å². The second-order valence-corrected chi connectivity index (χ2v) is 6.17. The largest absolute Gasteiger partial charge is 0.494 e. The molecule has 0 saturated carbocycles. The van der Waals surface area contributed by atoms with Gasteiger partial charge in [0.1, 0.15) is 5.75 Å². The van der Waals surface area contributed by atoms with Gasteiger partial charge in [0.2, 0.25) is 0 Å². The highest BCUT2D eigenvalue weighted by atomic mass is 16.5. The molecule has 2 N–H and O–H groups in total. The number of aromatic nitrogens is 2. The number of nitrogens with zero attached hydrogens (tertiary/aromatic N) is 3. The molecule has 1 aromatic carbocycles. The maximum atomic E-state index is 5.67. The van der Waals surface area contributed by atoms with Crippen LogP contribution >= 0.6 is 0 Å². The molecule has 0 bridgehead atoms. The molecule has 0 amide bonds. The zero-order valence-electron chi connectivity index (χ0n) is 16.4. The van der Waals surface area contributed by atoms with Crippen molar-refractivity contribution in [3.8, 4) is 5.75 Å². The van der Waals surface area contributed by atoms with Crippen molar-refractivity contribution in [1.29, 1.82) is 0 Å². The zero-order chi connectivity index (χ0) is 18.8. The van der Waals surface area contributed by atoms with Gasteiger partial charge < -0.3 is 15.4 Å². The van der Waals surface area contributed by atoms with Gasteiger partial charge in [-0.25, -0.2) is 4.99 Å². The average molecular weight is 358 g/mol. The highest BCUT2D eigenvalue weighted by molar-refractivity contribution is 5.79. The third kappa shape index (κ3) is 6.10. The maximum Gasteiger partial charge on any atom is 0.191 e. The molecule has 6 heteroatoms. The van der Waals surface area contributed by atoms with Crippen LogP contribution in [0.2, 0.25) is 0 Å². The van der Waals surface area contributed by atoms with Crippen molar-refractivity contribution in [3.63, 3.8) is 0 Å². The van der Waals surface area contributed by atoms with Crippen molar-refractivity contribution >= 4 is 5.96 Å². The average Bonchev–Trinajstić information content (AvgIpc) is 2.95. The van der Waals surface area contributed by atoms with E-state index in [1.807, 2.05) is 32.0 Å². The topological polar surface area (TPSA) is 63.5 Å². The number of aryl methyl sites for hydroxylation is 3. The molecule has 0 unspecified atom stereocenters. The summed E-state index contributed by atoms with van der Waals surface area (Å²) in [5.41, 5.74) is 3.36. The van der Waals surface area contributed by atoms with Crippen LogP contribution in [0.15, 0.2) is 35.3 Å². The highest BCUT2D eigenvalue weighted by Gasteiger charge is 2.04. The molecule has 142 valence electrons. The summed E-state index contributed by atoms with van der Waals surface area (Å²) in [6.45, 7) is 12.0. The third-order valence-corrected chi connectivity index (χ3v) is 3.97. The van der Waals surface area contributed by atoms with Gasteiger partial charge in [0.05, 0.1) is 18.8 Å². The molecule has 0 saturated heterocycles. The van der Waals surface area contributed by atoms with Crippen LogP contribution in [-0.2, 0) is 13.1 Å². The van der Waals surface area contributed by atoms with Crippen LogP contribution in [0.1, 0.15) is 37.2 Å². The second kappa shape index (κ2) is 10.5. The molecule has 0 aliphatic carbocycles. The maximum absolute atomic E-state index is 5.67. The summed E-state index contributed by atoms with van der Waals surface area (Å²) in [5.74, 6) is 1.73. The van der Waals surface area contributed by atoms with Crippen LogP contribution in [0, 0.1) is 13.8 Å². The molecule has 0 fully saturated rings. The van der Waals surface area contributed by atoms with Crippen molar-refractivity contribution in [3.05, 3.63) is 47.3 Å². The van der Waals surface area contributed by atoms with E-state index in [0.29, 0.717) is 13.2 Å². The number of nitrogens with one attached hydrogen (secondary N) is 2. The Morgan fingerprint density at radius 3 is 2.69 bits per heavy atom. The molecule has 26 heavy (non-hydrogen) atoms. The number of ether oxygens (including phenoxy) is 1. The van der Waals surface area contributed by atoms with Crippen molar-refractivity contribution in [2.24, 2.45) is 4.99 Å². The summed E-state index contributed by atoms with van der Waals surface area (Å²) < 4.78 is 7.73. The Morgan fingerprint density at radius 1 is 1.19 bits per heavy atom. The Balaban J connectivity index is 1.87. The van der Waals surface area contributed by atoms with E-state index in [0.717, 1.165) is 49.0 Å². The highest BCUT2D eigenvalue weighted by Crippen LogP contribution is 2.18.